The van der Waals surface area contributed by atoms with Crippen molar-refractivity contribution in [2.24, 2.45) is 0 Å². The molecule has 0 radical (unpaired) electrons. The van der Waals surface area contributed by atoms with Crippen LogP contribution in [-0.2, 0) is 9.53 Å². The number of alkyl halides is 1. The van der Waals surface area contributed by atoms with Crippen LogP contribution in [0.2, 0.25) is 0 Å². The first-order valence-corrected chi connectivity index (χ1v) is 5.24. The van der Waals surface area contributed by atoms with E-state index in [0.717, 1.165) is 30.8 Å². The van der Waals surface area contributed by atoms with Crippen LogP contribution in [0.1, 0.15) is 0 Å². The zero-order valence-electron chi connectivity index (χ0n) is 7.55. The number of halogens is 1. The van der Waals surface area contributed by atoms with Crippen molar-refractivity contribution in [2.75, 3.05) is 32.1 Å². The van der Waals surface area contributed by atoms with Crippen LogP contribution in [-0.4, -0.2) is 42.9 Å². The highest BCUT2D eigenvalue weighted by Crippen LogP contribution is 2.07. The predicted octanol–water partition coefficient (Wildman–Crippen LogP) is 0.301. The van der Waals surface area contributed by atoms with E-state index in [1.165, 1.54) is 13.2 Å². The molecular weight excluding hydrogens is 236 g/mol. The molecule has 74 valence electrons. The second kappa shape index (κ2) is 5.11. The highest BCUT2D eigenvalue weighted by atomic mass is 79.9. The van der Waals surface area contributed by atoms with Crippen molar-refractivity contribution in [3.8, 4) is 0 Å². The standard InChI is InChI=1S/C8H13BrN2O2/c1-13-8(12)6-7-10-3-5-11(7)4-2-9/h6,10H,2-5H2,1H3/b7-6-. The number of hydrogen-bond acceptors (Lipinski definition) is 4. The van der Waals surface area contributed by atoms with E-state index in [-0.39, 0.29) is 5.97 Å². The third-order valence-corrected chi connectivity index (χ3v) is 2.19. The maximum Gasteiger partial charge on any atom is 0.334 e. The van der Waals surface area contributed by atoms with Crippen molar-refractivity contribution < 1.29 is 9.53 Å². The average molecular weight is 249 g/mol. The Balaban J connectivity index is 2.56. The molecule has 0 aromatic heterocycles. The first kappa shape index (κ1) is 10.4. The van der Waals surface area contributed by atoms with Gasteiger partial charge in [-0.2, -0.15) is 0 Å². The number of carbonyl (C=O) groups excluding carboxylic acids is 1. The van der Waals surface area contributed by atoms with Gasteiger partial charge in [0.2, 0.25) is 0 Å². The van der Waals surface area contributed by atoms with E-state index in [2.05, 4.69) is 30.9 Å². The molecule has 1 aliphatic heterocycles. The number of carbonyl (C=O) groups is 1. The second-order valence-corrected chi connectivity index (χ2v) is 3.45. The highest BCUT2D eigenvalue weighted by Gasteiger charge is 2.16. The summed E-state index contributed by atoms with van der Waals surface area (Å²) in [5, 5.41) is 4.02. The molecule has 5 heteroatoms. The first-order valence-electron chi connectivity index (χ1n) is 4.12. The SMILES string of the molecule is COC(=O)/C=C1/NCCN1CCBr. The van der Waals surface area contributed by atoms with Gasteiger partial charge >= 0.3 is 5.97 Å². The summed E-state index contributed by atoms with van der Waals surface area (Å²) in [6.07, 6.45) is 1.48. The Labute approximate surface area is 86.1 Å². The van der Waals surface area contributed by atoms with E-state index < -0.39 is 0 Å². The molecule has 0 aliphatic carbocycles. The van der Waals surface area contributed by atoms with Crippen molar-refractivity contribution in [1.82, 2.24) is 10.2 Å². The van der Waals surface area contributed by atoms with Gasteiger partial charge < -0.3 is 15.0 Å². The van der Waals surface area contributed by atoms with Crippen LogP contribution in [0.3, 0.4) is 0 Å². The van der Waals surface area contributed by atoms with Crippen LogP contribution in [0.25, 0.3) is 0 Å². The van der Waals surface area contributed by atoms with Crippen molar-refractivity contribution in [1.29, 1.82) is 0 Å². The van der Waals surface area contributed by atoms with Gasteiger partial charge in [-0.05, 0) is 0 Å². The predicted molar refractivity (Wildman–Crippen MR) is 53.5 cm³/mol. The van der Waals surface area contributed by atoms with E-state index in [1.807, 2.05) is 0 Å². The molecular formula is C8H13BrN2O2. The minimum absolute atomic E-state index is 0.316. The monoisotopic (exact) mass is 248 g/mol. The van der Waals surface area contributed by atoms with Crippen molar-refractivity contribution in [3.63, 3.8) is 0 Å². The van der Waals surface area contributed by atoms with Crippen LogP contribution in [0.4, 0.5) is 0 Å². The summed E-state index contributed by atoms with van der Waals surface area (Å²) in [5.74, 6) is 0.537. The van der Waals surface area contributed by atoms with Crippen molar-refractivity contribution in [2.45, 2.75) is 0 Å². The highest BCUT2D eigenvalue weighted by molar-refractivity contribution is 9.09. The third kappa shape index (κ3) is 2.91. The van der Waals surface area contributed by atoms with Gasteiger partial charge in [0, 0.05) is 25.0 Å². The van der Waals surface area contributed by atoms with E-state index >= 15 is 0 Å². The van der Waals surface area contributed by atoms with Crippen LogP contribution < -0.4 is 5.32 Å². The zero-order valence-corrected chi connectivity index (χ0v) is 9.13. The average Bonchev–Trinajstić information content (AvgIpc) is 2.54. The quantitative estimate of drug-likeness (QED) is 0.444. The van der Waals surface area contributed by atoms with Crippen LogP contribution in [0, 0.1) is 0 Å². The minimum atomic E-state index is -0.316. The molecule has 1 rings (SSSR count). The lowest BCUT2D eigenvalue weighted by molar-refractivity contribution is -0.135. The fourth-order valence-electron chi connectivity index (χ4n) is 1.20. The molecule has 13 heavy (non-hydrogen) atoms. The van der Waals surface area contributed by atoms with Crippen molar-refractivity contribution in [3.05, 3.63) is 11.9 Å². The molecule has 0 amide bonds. The van der Waals surface area contributed by atoms with E-state index in [4.69, 9.17) is 0 Å². The Kier molecular flexibility index (Phi) is 4.08. The number of hydrogen-bond donors (Lipinski definition) is 1. The first-order chi connectivity index (χ1) is 6.27. The molecule has 1 N–H and O–H groups in total. The largest absolute Gasteiger partial charge is 0.466 e. The Morgan fingerprint density at radius 1 is 1.85 bits per heavy atom. The van der Waals surface area contributed by atoms with Gasteiger partial charge in [0.1, 0.15) is 5.82 Å². The van der Waals surface area contributed by atoms with E-state index in [0.29, 0.717) is 0 Å². The molecule has 1 aliphatic rings. The summed E-state index contributed by atoms with van der Waals surface area (Å²) in [6, 6.07) is 0. The molecule has 0 aromatic carbocycles. The molecule has 0 unspecified atom stereocenters. The maximum atomic E-state index is 10.9. The molecule has 0 bridgehead atoms. The maximum absolute atomic E-state index is 10.9. The van der Waals surface area contributed by atoms with Gasteiger partial charge in [-0.1, -0.05) is 15.9 Å². The van der Waals surface area contributed by atoms with Gasteiger partial charge in [-0.25, -0.2) is 4.79 Å². The summed E-state index contributed by atoms with van der Waals surface area (Å²) in [5.41, 5.74) is 0. The summed E-state index contributed by atoms with van der Waals surface area (Å²) >= 11 is 3.36. The summed E-state index contributed by atoms with van der Waals surface area (Å²) in [6.45, 7) is 2.72. The topological polar surface area (TPSA) is 41.6 Å². The van der Waals surface area contributed by atoms with Gasteiger partial charge in [0.05, 0.1) is 13.2 Å². The second-order valence-electron chi connectivity index (χ2n) is 2.66. The molecule has 0 aromatic rings. The Bertz CT molecular complexity index is 218. The fraction of sp³-hybridized carbons (Fsp3) is 0.625. The van der Waals surface area contributed by atoms with Gasteiger partial charge in [-0.3, -0.25) is 0 Å². The molecule has 4 nitrogen and oxygen atoms in total. The number of nitrogens with zero attached hydrogens (tertiary/aromatic N) is 1. The van der Waals surface area contributed by atoms with E-state index in [9.17, 15) is 4.79 Å². The lowest BCUT2D eigenvalue weighted by atomic mass is 10.5. The van der Waals surface area contributed by atoms with Gasteiger partial charge in [-0.15, -0.1) is 0 Å². The normalized spacial score (nSPS) is 18.9. The molecule has 1 fully saturated rings. The lowest BCUT2D eigenvalue weighted by Crippen LogP contribution is -2.23. The Hall–Kier alpha value is -0.710. The van der Waals surface area contributed by atoms with Crippen LogP contribution >= 0.6 is 15.9 Å². The van der Waals surface area contributed by atoms with Crippen molar-refractivity contribution >= 4 is 21.9 Å². The Morgan fingerprint density at radius 2 is 2.62 bits per heavy atom. The minimum Gasteiger partial charge on any atom is -0.466 e. The van der Waals surface area contributed by atoms with Crippen LogP contribution in [0.5, 0.6) is 0 Å². The van der Waals surface area contributed by atoms with Gasteiger partial charge in [0.15, 0.2) is 0 Å². The number of rotatable bonds is 3. The fourth-order valence-corrected chi connectivity index (χ4v) is 1.63. The van der Waals surface area contributed by atoms with Gasteiger partial charge in [0.25, 0.3) is 0 Å². The number of methoxy groups -OCH3 is 1. The number of nitrogens with one attached hydrogen (secondary N) is 1. The smallest absolute Gasteiger partial charge is 0.334 e. The Morgan fingerprint density at radius 3 is 3.23 bits per heavy atom. The third-order valence-electron chi connectivity index (χ3n) is 1.84. The molecule has 1 saturated heterocycles. The zero-order chi connectivity index (χ0) is 9.68. The summed E-state index contributed by atoms with van der Waals surface area (Å²) < 4.78 is 4.54. The lowest BCUT2D eigenvalue weighted by Gasteiger charge is -2.16. The molecule has 0 atom stereocenters. The number of esters is 1. The van der Waals surface area contributed by atoms with E-state index in [1.54, 1.807) is 0 Å². The molecule has 0 saturated carbocycles. The van der Waals surface area contributed by atoms with Crippen LogP contribution in [0.15, 0.2) is 11.9 Å². The number of ether oxygens (including phenoxy) is 1. The molecule has 0 spiro atoms. The molecule has 1 heterocycles. The summed E-state index contributed by atoms with van der Waals surface area (Å²) in [7, 11) is 1.38. The summed E-state index contributed by atoms with van der Waals surface area (Å²) in [4.78, 5) is 13.0.